The van der Waals surface area contributed by atoms with Crippen molar-refractivity contribution in [3.8, 4) is 0 Å². The molecule has 25 heavy (non-hydrogen) atoms. The third-order valence-electron chi connectivity index (χ3n) is 3.79. The fraction of sp³-hybridized carbons (Fsp3) is 0.421. The number of carbonyl (C=O) groups excluding carboxylic acids is 1. The van der Waals surface area contributed by atoms with Crippen LogP contribution in [0.5, 0.6) is 0 Å². The average molecular weight is 344 g/mol. The van der Waals surface area contributed by atoms with Gasteiger partial charge < -0.3 is 10.6 Å². The minimum absolute atomic E-state index is 0.256. The van der Waals surface area contributed by atoms with E-state index in [9.17, 15) is 9.18 Å². The molecule has 0 atom stereocenters. The van der Waals surface area contributed by atoms with Gasteiger partial charge >= 0.3 is 0 Å². The second kappa shape index (κ2) is 9.71. The van der Waals surface area contributed by atoms with E-state index < -0.39 is 0 Å². The van der Waals surface area contributed by atoms with Crippen molar-refractivity contribution in [2.45, 2.75) is 39.5 Å². The van der Waals surface area contributed by atoms with Gasteiger partial charge in [0.25, 0.3) is 5.91 Å². The molecule has 0 unspecified atom stereocenters. The Hall–Kier alpha value is -2.50. The van der Waals surface area contributed by atoms with E-state index in [0.717, 1.165) is 25.8 Å². The normalized spacial score (nSPS) is 10.5. The zero-order valence-corrected chi connectivity index (χ0v) is 14.8. The summed E-state index contributed by atoms with van der Waals surface area (Å²) in [7, 11) is 0. The molecule has 0 saturated carbocycles. The van der Waals surface area contributed by atoms with Gasteiger partial charge in [-0.05, 0) is 31.4 Å². The van der Waals surface area contributed by atoms with Crippen molar-refractivity contribution in [2.75, 3.05) is 18.4 Å². The van der Waals surface area contributed by atoms with E-state index in [2.05, 4.69) is 27.5 Å². The SMILES string of the molecule is CCCCCNc1cc(C(=O)NCCc2ccccc2F)nc(C)n1. The van der Waals surface area contributed by atoms with Gasteiger partial charge in [-0.3, -0.25) is 4.79 Å². The van der Waals surface area contributed by atoms with Crippen LogP contribution in [-0.2, 0) is 6.42 Å². The Labute approximate surface area is 148 Å². The second-order valence-electron chi connectivity index (χ2n) is 5.92. The summed E-state index contributed by atoms with van der Waals surface area (Å²) in [5.41, 5.74) is 0.902. The zero-order chi connectivity index (χ0) is 18.1. The first-order chi connectivity index (χ1) is 12.1. The topological polar surface area (TPSA) is 66.9 Å². The minimum Gasteiger partial charge on any atom is -0.370 e. The number of hydrogen-bond donors (Lipinski definition) is 2. The van der Waals surface area contributed by atoms with E-state index in [4.69, 9.17) is 0 Å². The minimum atomic E-state index is -0.279. The standard InChI is InChI=1S/C19H25FN4O/c1-3-4-7-11-21-18-13-17(23-14(2)24-18)19(25)22-12-10-15-8-5-6-9-16(15)20/h5-6,8-9,13H,3-4,7,10-12H2,1-2H3,(H,22,25)(H,21,23,24). The summed E-state index contributed by atoms with van der Waals surface area (Å²) in [6.07, 6.45) is 3.80. The van der Waals surface area contributed by atoms with E-state index in [1.54, 1.807) is 31.2 Å². The fourth-order valence-electron chi connectivity index (χ4n) is 2.47. The summed E-state index contributed by atoms with van der Waals surface area (Å²) < 4.78 is 13.6. The van der Waals surface area contributed by atoms with Crippen molar-refractivity contribution in [1.82, 2.24) is 15.3 Å². The first-order valence-electron chi connectivity index (χ1n) is 8.71. The zero-order valence-electron chi connectivity index (χ0n) is 14.8. The molecule has 1 aromatic heterocycles. The molecule has 0 aliphatic carbocycles. The first kappa shape index (κ1) is 18.8. The molecule has 6 heteroatoms. The largest absolute Gasteiger partial charge is 0.370 e. The van der Waals surface area contributed by atoms with E-state index in [-0.39, 0.29) is 11.7 Å². The Balaban J connectivity index is 1.90. The van der Waals surface area contributed by atoms with E-state index >= 15 is 0 Å². The molecule has 2 rings (SSSR count). The second-order valence-corrected chi connectivity index (χ2v) is 5.92. The van der Waals surface area contributed by atoms with Gasteiger partial charge in [-0.2, -0.15) is 0 Å². The lowest BCUT2D eigenvalue weighted by molar-refractivity contribution is 0.0948. The Morgan fingerprint density at radius 1 is 1.16 bits per heavy atom. The Morgan fingerprint density at radius 2 is 1.96 bits per heavy atom. The van der Waals surface area contributed by atoms with Gasteiger partial charge in [0, 0.05) is 19.2 Å². The lowest BCUT2D eigenvalue weighted by Crippen LogP contribution is -2.27. The summed E-state index contributed by atoms with van der Waals surface area (Å²) in [5, 5.41) is 6.01. The molecular weight excluding hydrogens is 319 g/mol. The smallest absolute Gasteiger partial charge is 0.270 e. The Morgan fingerprint density at radius 3 is 2.72 bits per heavy atom. The van der Waals surface area contributed by atoms with Gasteiger partial charge in [0.1, 0.15) is 23.2 Å². The average Bonchev–Trinajstić information content (AvgIpc) is 2.60. The van der Waals surface area contributed by atoms with Crippen LogP contribution in [0.25, 0.3) is 0 Å². The number of nitrogens with one attached hydrogen (secondary N) is 2. The third kappa shape index (κ3) is 6.14. The monoisotopic (exact) mass is 344 g/mol. The number of benzene rings is 1. The molecule has 0 aliphatic rings. The van der Waals surface area contributed by atoms with Crippen LogP contribution in [-0.4, -0.2) is 29.0 Å². The molecular formula is C19H25FN4O. The molecule has 0 radical (unpaired) electrons. The molecule has 0 saturated heterocycles. The molecule has 1 aromatic carbocycles. The first-order valence-corrected chi connectivity index (χ1v) is 8.71. The van der Waals surface area contributed by atoms with Crippen LogP contribution in [0, 0.1) is 12.7 Å². The number of unbranched alkanes of at least 4 members (excludes halogenated alkanes) is 2. The quantitative estimate of drug-likeness (QED) is 0.683. The maximum Gasteiger partial charge on any atom is 0.270 e. The van der Waals surface area contributed by atoms with Gasteiger partial charge in [0.15, 0.2) is 0 Å². The number of aromatic nitrogens is 2. The molecule has 0 bridgehead atoms. The number of anilines is 1. The lowest BCUT2D eigenvalue weighted by atomic mass is 10.1. The van der Waals surface area contributed by atoms with Gasteiger partial charge in [-0.1, -0.05) is 38.0 Å². The highest BCUT2D eigenvalue weighted by molar-refractivity contribution is 5.92. The van der Waals surface area contributed by atoms with Crippen molar-refractivity contribution in [3.05, 3.63) is 53.2 Å². The maximum absolute atomic E-state index is 13.6. The molecule has 134 valence electrons. The Bertz CT molecular complexity index is 706. The molecule has 1 amide bonds. The van der Waals surface area contributed by atoms with Crippen molar-refractivity contribution in [1.29, 1.82) is 0 Å². The number of rotatable bonds is 9. The molecule has 5 nitrogen and oxygen atoms in total. The highest BCUT2D eigenvalue weighted by Crippen LogP contribution is 2.09. The number of carbonyl (C=O) groups is 1. The van der Waals surface area contributed by atoms with Crippen LogP contribution >= 0.6 is 0 Å². The number of halogens is 1. The molecule has 0 spiro atoms. The third-order valence-corrected chi connectivity index (χ3v) is 3.79. The van der Waals surface area contributed by atoms with Gasteiger partial charge in [-0.25, -0.2) is 14.4 Å². The van der Waals surface area contributed by atoms with E-state index in [1.807, 2.05) is 0 Å². The summed E-state index contributed by atoms with van der Waals surface area (Å²) in [4.78, 5) is 20.8. The van der Waals surface area contributed by atoms with Crippen LogP contribution in [0.2, 0.25) is 0 Å². The van der Waals surface area contributed by atoms with Crippen LogP contribution in [0.4, 0.5) is 10.2 Å². The van der Waals surface area contributed by atoms with Crippen molar-refractivity contribution >= 4 is 11.7 Å². The van der Waals surface area contributed by atoms with Gasteiger partial charge in [0.2, 0.25) is 0 Å². The van der Waals surface area contributed by atoms with Crippen molar-refractivity contribution < 1.29 is 9.18 Å². The lowest BCUT2D eigenvalue weighted by Gasteiger charge is -2.09. The number of aryl methyl sites for hydroxylation is 1. The van der Waals surface area contributed by atoms with Crippen LogP contribution in [0.1, 0.15) is 48.1 Å². The van der Waals surface area contributed by atoms with Crippen LogP contribution < -0.4 is 10.6 Å². The van der Waals surface area contributed by atoms with Gasteiger partial charge in [-0.15, -0.1) is 0 Å². The predicted octanol–water partition coefficient (Wildman–Crippen LogP) is 3.50. The predicted molar refractivity (Wildman–Crippen MR) is 97.2 cm³/mol. The molecule has 2 aromatic rings. The summed E-state index contributed by atoms with van der Waals surface area (Å²) in [6.45, 7) is 5.08. The fourth-order valence-corrected chi connectivity index (χ4v) is 2.47. The summed E-state index contributed by atoms with van der Waals surface area (Å²) >= 11 is 0. The molecule has 1 heterocycles. The molecule has 0 aliphatic heterocycles. The Kier molecular flexibility index (Phi) is 7.32. The summed E-state index contributed by atoms with van der Waals surface area (Å²) in [5.74, 6) is 0.661. The van der Waals surface area contributed by atoms with Crippen LogP contribution in [0.15, 0.2) is 30.3 Å². The highest BCUT2D eigenvalue weighted by Gasteiger charge is 2.10. The maximum atomic E-state index is 13.6. The van der Waals surface area contributed by atoms with Crippen LogP contribution in [0.3, 0.4) is 0 Å². The van der Waals surface area contributed by atoms with E-state index in [0.29, 0.717) is 35.9 Å². The van der Waals surface area contributed by atoms with E-state index in [1.165, 1.54) is 6.07 Å². The summed E-state index contributed by atoms with van der Waals surface area (Å²) in [6, 6.07) is 8.22. The number of hydrogen-bond acceptors (Lipinski definition) is 4. The van der Waals surface area contributed by atoms with Gasteiger partial charge in [0.05, 0.1) is 0 Å². The molecule has 2 N–H and O–H groups in total. The molecule has 0 fully saturated rings. The number of amides is 1. The highest BCUT2D eigenvalue weighted by atomic mass is 19.1. The number of nitrogens with zero attached hydrogens (tertiary/aromatic N) is 2. The van der Waals surface area contributed by atoms with Crippen molar-refractivity contribution in [3.63, 3.8) is 0 Å². The van der Waals surface area contributed by atoms with Crippen molar-refractivity contribution in [2.24, 2.45) is 0 Å².